The summed E-state index contributed by atoms with van der Waals surface area (Å²) in [6.45, 7) is 4.51. The van der Waals surface area contributed by atoms with E-state index >= 15 is 0 Å². The molecule has 2 aromatic rings. The van der Waals surface area contributed by atoms with Gasteiger partial charge in [0.2, 0.25) is 5.91 Å². The maximum Gasteiger partial charge on any atom is 0.222 e. The molecule has 0 unspecified atom stereocenters. The molecule has 1 saturated heterocycles. The van der Waals surface area contributed by atoms with Crippen LogP contribution in [0.5, 0.6) is 0 Å². The van der Waals surface area contributed by atoms with Gasteiger partial charge in [-0.15, -0.1) is 0 Å². The Bertz CT molecular complexity index is 793. The third-order valence-corrected chi connectivity index (χ3v) is 5.84. The van der Waals surface area contributed by atoms with Gasteiger partial charge in [0.05, 0.1) is 12.1 Å². The molecule has 25 heavy (non-hydrogen) atoms. The lowest BCUT2D eigenvalue weighted by Crippen LogP contribution is -2.29. The molecule has 0 radical (unpaired) electrons. The molecule has 2 N–H and O–H groups in total. The van der Waals surface area contributed by atoms with Crippen molar-refractivity contribution in [3.63, 3.8) is 0 Å². The van der Waals surface area contributed by atoms with Crippen molar-refractivity contribution in [1.82, 2.24) is 14.7 Å². The van der Waals surface area contributed by atoms with Crippen molar-refractivity contribution in [2.45, 2.75) is 38.1 Å². The molecule has 1 amide bonds. The number of aromatic nitrogens is 2. The van der Waals surface area contributed by atoms with Crippen LogP contribution in [0.15, 0.2) is 30.5 Å². The van der Waals surface area contributed by atoms with E-state index in [4.69, 9.17) is 5.73 Å². The number of nitrogens with two attached hydrogens (primary N) is 1. The van der Waals surface area contributed by atoms with Gasteiger partial charge in [0.25, 0.3) is 0 Å². The van der Waals surface area contributed by atoms with E-state index in [1.54, 1.807) is 0 Å². The summed E-state index contributed by atoms with van der Waals surface area (Å²) in [6.07, 6.45) is 4.53. The molecule has 5 nitrogen and oxygen atoms in total. The van der Waals surface area contributed by atoms with Gasteiger partial charge in [-0.25, -0.2) is 0 Å². The van der Waals surface area contributed by atoms with Crippen molar-refractivity contribution >= 4 is 5.91 Å². The molecule has 1 aromatic carbocycles. The zero-order valence-electron chi connectivity index (χ0n) is 15.0. The molecule has 1 aromatic heterocycles. The maximum atomic E-state index is 12.0. The molecule has 1 saturated carbocycles. The first-order valence-electron chi connectivity index (χ1n) is 9.12. The lowest BCUT2D eigenvalue weighted by molar-refractivity contribution is -0.121. The Kier molecular flexibility index (Phi) is 4.12. The smallest absolute Gasteiger partial charge is 0.222 e. The van der Waals surface area contributed by atoms with Crippen molar-refractivity contribution < 1.29 is 4.79 Å². The number of hydrogen-bond donors (Lipinski definition) is 1. The lowest BCUT2D eigenvalue weighted by Gasteiger charge is -2.16. The molecule has 1 aliphatic carbocycles. The predicted octanol–water partition coefficient (Wildman–Crippen LogP) is 2.31. The summed E-state index contributed by atoms with van der Waals surface area (Å²) in [6, 6.07) is 8.92. The Morgan fingerprint density at radius 3 is 2.76 bits per heavy atom. The molecule has 2 heterocycles. The SMILES string of the molecule is Cc1c([C@H]2CN(Cc3cccc(C4CC4)c3)C[C@@H]2C(N)=O)cnn1C. The topological polar surface area (TPSA) is 64.2 Å². The first kappa shape index (κ1) is 16.3. The van der Waals surface area contributed by atoms with Crippen LogP contribution in [0, 0.1) is 12.8 Å². The summed E-state index contributed by atoms with van der Waals surface area (Å²) in [5.74, 6) is 0.553. The average molecular weight is 338 g/mol. The standard InChI is InChI=1S/C20H26N4O/c1-13-17(9-22-23(13)2)18-11-24(12-19(18)20(21)25)10-14-4-3-5-16(8-14)15-6-7-15/h3-5,8-9,15,18-19H,6-7,10-12H2,1-2H3,(H2,21,25)/t18-,19+/m1/s1. The highest BCUT2D eigenvalue weighted by Crippen LogP contribution is 2.40. The number of benzene rings is 1. The lowest BCUT2D eigenvalue weighted by atomic mass is 9.89. The number of hydrogen-bond acceptors (Lipinski definition) is 3. The van der Waals surface area contributed by atoms with Crippen LogP contribution in [0.1, 0.15) is 47.1 Å². The van der Waals surface area contributed by atoms with Gasteiger partial charge in [-0.05, 0) is 42.4 Å². The molecule has 1 aliphatic heterocycles. The molecule has 132 valence electrons. The van der Waals surface area contributed by atoms with Gasteiger partial charge in [0.15, 0.2) is 0 Å². The summed E-state index contributed by atoms with van der Waals surface area (Å²) in [7, 11) is 1.94. The van der Waals surface area contributed by atoms with Crippen molar-refractivity contribution in [1.29, 1.82) is 0 Å². The fourth-order valence-corrected chi connectivity index (χ4v) is 4.12. The minimum absolute atomic E-state index is 0.137. The summed E-state index contributed by atoms with van der Waals surface area (Å²) in [5, 5.41) is 4.35. The zero-order valence-corrected chi connectivity index (χ0v) is 15.0. The van der Waals surface area contributed by atoms with E-state index in [1.807, 2.05) is 17.9 Å². The Balaban J connectivity index is 1.53. The molecule has 5 heteroatoms. The highest BCUT2D eigenvalue weighted by Gasteiger charge is 2.38. The van der Waals surface area contributed by atoms with Crippen LogP contribution in [0.25, 0.3) is 0 Å². The fourth-order valence-electron chi connectivity index (χ4n) is 4.12. The van der Waals surface area contributed by atoms with Gasteiger partial charge in [0, 0.05) is 38.3 Å². The Hall–Kier alpha value is -2.14. The van der Waals surface area contributed by atoms with E-state index in [0.29, 0.717) is 0 Å². The normalized spacial score (nSPS) is 23.9. The third kappa shape index (κ3) is 3.21. The van der Waals surface area contributed by atoms with E-state index in [2.05, 4.69) is 41.2 Å². The molecule has 0 bridgehead atoms. The predicted molar refractivity (Wildman–Crippen MR) is 97.1 cm³/mol. The van der Waals surface area contributed by atoms with Crippen LogP contribution in [0.2, 0.25) is 0 Å². The average Bonchev–Trinajstić information content (AvgIpc) is 3.28. The number of aryl methyl sites for hydroxylation is 1. The second-order valence-corrected chi connectivity index (χ2v) is 7.64. The number of likely N-dealkylation sites (tertiary alicyclic amines) is 1. The fraction of sp³-hybridized carbons (Fsp3) is 0.500. The highest BCUT2D eigenvalue weighted by atomic mass is 16.1. The van der Waals surface area contributed by atoms with E-state index in [1.165, 1.54) is 24.0 Å². The molecule has 0 spiro atoms. The van der Waals surface area contributed by atoms with Crippen molar-refractivity contribution in [3.8, 4) is 0 Å². The number of nitrogens with zero attached hydrogens (tertiary/aromatic N) is 3. The number of carbonyl (C=O) groups is 1. The Labute approximate surface area is 148 Å². The van der Waals surface area contributed by atoms with Gasteiger partial charge >= 0.3 is 0 Å². The summed E-state index contributed by atoms with van der Waals surface area (Å²) >= 11 is 0. The second kappa shape index (κ2) is 6.30. The van der Waals surface area contributed by atoms with E-state index in [0.717, 1.165) is 36.8 Å². The van der Waals surface area contributed by atoms with Crippen molar-refractivity contribution in [3.05, 3.63) is 52.8 Å². The number of rotatable bonds is 5. The minimum atomic E-state index is -0.206. The Morgan fingerprint density at radius 1 is 1.32 bits per heavy atom. The number of carbonyl (C=O) groups excluding carboxylic acids is 1. The van der Waals surface area contributed by atoms with Gasteiger partial charge < -0.3 is 5.73 Å². The van der Waals surface area contributed by atoms with Crippen molar-refractivity contribution in [2.24, 2.45) is 18.7 Å². The van der Waals surface area contributed by atoms with Gasteiger partial charge in [0.1, 0.15) is 0 Å². The van der Waals surface area contributed by atoms with E-state index < -0.39 is 0 Å². The number of primary amides is 1. The first-order valence-corrected chi connectivity index (χ1v) is 9.12. The first-order chi connectivity index (χ1) is 12.0. The third-order valence-electron chi connectivity index (χ3n) is 5.84. The summed E-state index contributed by atoms with van der Waals surface area (Å²) in [4.78, 5) is 14.4. The molecule has 2 aliphatic rings. The molecular weight excluding hydrogens is 312 g/mol. The van der Waals surface area contributed by atoms with Gasteiger partial charge in [-0.2, -0.15) is 5.10 Å². The zero-order chi connectivity index (χ0) is 17.6. The summed E-state index contributed by atoms with van der Waals surface area (Å²) < 4.78 is 1.87. The highest BCUT2D eigenvalue weighted by molar-refractivity contribution is 5.78. The van der Waals surface area contributed by atoms with Gasteiger partial charge in [-0.1, -0.05) is 24.3 Å². The molecule has 2 atom stereocenters. The monoisotopic (exact) mass is 338 g/mol. The molecule has 2 fully saturated rings. The number of amides is 1. The van der Waals surface area contributed by atoms with E-state index in [9.17, 15) is 4.79 Å². The molecular formula is C20H26N4O. The minimum Gasteiger partial charge on any atom is -0.369 e. The molecule has 4 rings (SSSR count). The van der Waals surface area contributed by atoms with Crippen LogP contribution in [-0.4, -0.2) is 33.7 Å². The maximum absolute atomic E-state index is 12.0. The summed E-state index contributed by atoms with van der Waals surface area (Å²) in [5.41, 5.74) is 10.8. The van der Waals surface area contributed by atoms with Crippen LogP contribution in [-0.2, 0) is 18.4 Å². The van der Waals surface area contributed by atoms with E-state index in [-0.39, 0.29) is 17.7 Å². The van der Waals surface area contributed by atoms with Crippen molar-refractivity contribution in [2.75, 3.05) is 13.1 Å². The largest absolute Gasteiger partial charge is 0.369 e. The van der Waals surface area contributed by atoms with Gasteiger partial charge in [-0.3, -0.25) is 14.4 Å². The van der Waals surface area contributed by atoms with Crippen LogP contribution >= 0.6 is 0 Å². The second-order valence-electron chi connectivity index (χ2n) is 7.64. The van der Waals surface area contributed by atoms with Crippen LogP contribution in [0.3, 0.4) is 0 Å². The Morgan fingerprint density at radius 2 is 2.12 bits per heavy atom. The van der Waals surface area contributed by atoms with Crippen LogP contribution < -0.4 is 5.73 Å². The quantitative estimate of drug-likeness (QED) is 0.910. The van der Waals surface area contributed by atoms with Crippen LogP contribution in [0.4, 0.5) is 0 Å².